The van der Waals surface area contributed by atoms with Crippen LogP contribution in [-0.2, 0) is 87.9 Å². The molecule has 14 amide bonds. The summed E-state index contributed by atoms with van der Waals surface area (Å²) in [5.41, 5.74) is 22.9. The van der Waals surface area contributed by atoms with Crippen molar-refractivity contribution in [1.29, 1.82) is 0 Å². The first-order valence-electron chi connectivity index (χ1n) is 29.7. The van der Waals surface area contributed by atoms with E-state index in [0.717, 1.165) is 25.6 Å². The van der Waals surface area contributed by atoms with E-state index in [1.54, 1.807) is 64.3 Å². The van der Waals surface area contributed by atoms with Crippen molar-refractivity contribution in [2.24, 2.45) is 34.8 Å². The van der Waals surface area contributed by atoms with Gasteiger partial charge in [0.15, 0.2) is 0 Å². The van der Waals surface area contributed by atoms with Gasteiger partial charge in [-0.25, -0.2) is 0 Å². The van der Waals surface area contributed by atoms with E-state index in [0.29, 0.717) is 5.56 Å². The predicted octanol–water partition coefficient (Wildman–Crippen LogP) is -7.82. The summed E-state index contributed by atoms with van der Waals surface area (Å²) in [4.78, 5) is 222. The molecule has 0 aliphatic carbocycles. The molecule has 0 unspecified atom stereocenters. The zero-order valence-electron chi connectivity index (χ0n) is 53.4. The van der Waals surface area contributed by atoms with Crippen molar-refractivity contribution < 1.29 is 107 Å². The van der Waals surface area contributed by atoms with Gasteiger partial charge in [0.05, 0.1) is 38.0 Å². The Labute approximate surface area is 549 Å². The summed E-state index contributed by atoms with van der Waals surface area (Å²) in [5.74, 6) is -22.0. The summed E-state index contributed by atoms with van der Waals surface area (Å²) in [6.07, 6.45) is -6.43. The molecular weight excluding hydrogens is 1280 g/mol. The average Bonchev–Trinajstić information content (AvgIpc) is 0.982. The molecule has 1 rings (SSSR count). The molecule has 95 heavy (non-hydrogen) atoms. The molecule has 0 aliphatic heterocycles. The van der Waals surface area contributed by atoms with E-state index in [9.17, 15) is 107 Å². The van der Waals surface area contributed by atoms with Crippen LogP contribution in [0.2, 0.25) is 0 Å². The molecule has 38 heteroatoms. The van der Waals surface area contributed by atoms with E-state index < -0.39 is 237 Å². The van der Waals surface area contributed by atoms with Crippen LogP contribution < -0.4 is 81.4 Å². The number of rotatable bonds is 45. The summed E-state index contributed by atoms with van der Waals surface area (Å²) < 4.78 is 0. The second-order valence-electron chi connectivity index (χ2n) is 22.8. The van der Waals surface area contributed by atoms with Crippen LogP contribution in [0.5, 0.6) is 0 Å². The topological polar surface area (TPSA) is 628 Å². The first-order chi connectivity index (χ1) is 44.3. The normalized spacial score (nSPS) is 15.2. The number of amides is 14. The Kier molecular flexibility index (Phi) is 36.8. The third-order valence-electron chi connectivity index (χ3n) is 13.8. The Morgan fingerprint density at radius 1 is 0.442 bits per heavy atom. The van der Waals surface area contributed by atoms with Crippen LogP contribution in [0.25, 0.3) is 0 Å². The number of benzene rings is 1. The van der Waals surface area contributed by atoms with Crippen LogP contribution in [0.15, 0.2) is 30.3 Å². The number of nitrogens with one attached hydrogen (secondary N) is 11. The Bertz CT molecular complexity index is 2900. The molecule has 530 valence electrons. The Hall–Kier alpha value is -9.56. The number of aliphatic hydroxyl groups is 2. The van der Waals surface area contributed by atoms with Gasteiger partial charge in [-0.05, 0) is 75.4 Å². The van der Waals surface area contributed by atoms with Gasteiger partial charge >= 0.3 is 17.9 Å². The lowest BCUT2D eigenvalue weighted by Crippen LogP contribution is -2.62. The number of hydrogen-bond donors (Lipinski definition) is 20. The monoisotopic (exact) mass is 1370 g/mol. The van der Waals surface area contributed by atoms with Crippen molar-refractivity contribution in [3.63, 3.8) is 0 Å². The lowest BCUT2D eigenvalue weighted by molar-refractivity contribution is -0.142. The number of aliphatic carboxylic acids is 3. The molecule has 0 fully saturated rings. The standard InChI is InChI=1S/C57H89N15O22S/c1-25(2)19-34(55(92)71-44(26(3)4)46(61)83)66-54(91)37(23-43(81)82)69-53(90)36(22-40(60)76)67-51(88)33(17-18-95-7)64-52(89)35(21-39(59)75)68-56(93)38(24-73)70-50(87)32(14-16-42(79)80)63-47(84)27(5)62-49(86)31(13-15-41(77)78)65-57(94)45(28(6)74)72-48(85)30(58)20-29-11-9-8-10-12-29/h8-12,25-28,30-38,44-45,73-74H,13-24,58H2,1-7H3,(H2,59,75)(H2,60,76)(H2,61,83)(H,62,86)(H,63,84)(H,64,89)(H,65,94)(H,66,91)(H,67,88)(H,68,93)(H,69,90)(H,70,87)(H,71,92)(H,72,85)(H,77,78)(H,79,80)(H,81,82)/t27-,28+,30-,31-,32-,33-,34-,35-,36-,37-,38-,44-,45-/m0/s1. The number of nitrogens with two attached hydrogens (primary N) is 4. The van der Waals surface area contributed by atoms with Crippen LogP contribution in [0.3, 0.4) is 0 Å². The summed E-state index contributed by atoms with van der Waals surface area (Å²) in [6.45, 7) is 7.41. The molecular formula is C57H89N15O22S. The van der Waals surface area contributed by atoms with Gasteiger partial charge in [-0.3, -0.25) is 81.5 Å². The van der Waals surface area contributed by atoms with E-state index in [1.807, 2.05) is 0 Å². The highest BCUT2D eigenvalue weighted by molar-refractivity contribution is 7.98. The minimum absolute atomic E-state index is 0.0239. The van der Waals surface area contributed by atoms with Crippen LogP contribution in [0, 0.1) is 11.8 Å². The van der Waals surface area contributed by atoms with Gasteiger partial charge in [0.25, 0.3) is 0 Å². The lowest BCUT2D eigenvalue weighted by atomic mass is 9.99. The Morgan fingerprint density at radius 2 is 0.821 bits per heavy atom. The van der Waals surface area contributed by atoms with Gasteiger partial charge < -0.3 is 107 Å². The predicted molar refractivity (Wildman–Crippen MR) is 334 cm³/mol. The highest BCUT2D eigenvalue weighted by Crippen LogP contribution is 2.12. The molecule has 0 spiro atoms. The Balaban J connectivity index is 3.42. The van der Waals surface area contributed by atoms with Gasteiger partial charge in [0.2, 0.25) is 82.7 Å². The number of hydrogen-bond acceptors (Lipinski definition) is 21. The first-order valence-corrected chi connectivity index (χ1v) is 31.1. The van der Waals surface area contributed by atoms with Crippen LogP contribution in [-0.4, -0.2) is 223 Å². The average molecular weight is 1370 g/mol. The molecule has 1 aromatic carbocycles. The molecule has 24 N–H and O–H groups in total. The molecule has 0 aromatic heterocycles. The smallest absolute Gasteiger partial charge is 0.305 e. The number of carboxylic acids is 3. The zero-order chi connectivity index (χ0) is 72.6. The zero-order valence-corrected chi connectivity index (χ0v) is 54.2. The van der Waals surface area contributed by atoms with Crippen LogP contribution in [0.1, 0.15) is 105 Å². The highest BCUT2D eigenvalue weighted by atomic mass is 32.2. The minimum Gasteiger partial charge on any atom is -0.481 e. The van der Waals surface area contributed by atoms with Crippen molar-refractivity contribution in [2.45, 2.75) is 184 Å². The molecule has 37 nitrogen and oxygen atoms in total. The first kappa shape index (κ1) is 83.5. The molecule has 13 atom stereocenters. The van der Waals surface area contributed by atoms with Crippen molar-refractivity contribution in [2.75, 3.05) is 18.6 Å². The second-order valence-corrected chi connectivity index (χ2v) is 23.8. The van der Waals surface area contributed by atoms with Gasteiger partial charge in [0, 0.05) is 12.8 Å². The van der Waals surface area contributed by atoms with E-state index in [1.165, 1.54) is 0 Å². The van der Waals surface area contributed by atoms with Gasteiger partial charge in [0.1, 0.15) is 66.5 Å². The fraction of sp³-hybridized carbons (Fsp3) is 0.596. The molecule has 1 aromatic rings. The van der Waals surface area contributed by atoms with Crippen molar-refractivity contribution in [3.8, 4) is 0 Å². The summed E-state index contributed by atoms with van der Waals surface area (Å²) in [6, 6.07) is -12.2. The molecule has 0 aliphatic rings. The maximum absolute atomic E-state index is 14.0. The number of carbonyl (C=O) groups excluding carboxylic acids is 14. The van der Waals surface area contributed by atoms with Gasteiger partial charge in [-0.2, -0.15) is 11.8 Å². The summed E-state index contributed by atoms with van der Waals surface area (Å²) in [5, 5.41) is 73.7. The highest BCUT2D eigenvalue weighted by Gasteiger charge is 2.38. The number of carbonyl (C=O) groups is 17. The maximum Gasteiger partial charge on any atom is 0.305 e. The van der Waals surface area contributed by atoms with Crippen molar-refractivity contribution in [3.05, 3.63) is 35.9 Å². The van der Waals surface area contributed by atoms with Crippen molar-refractivity contribution >= 4 is 112 Å². The summed E-state index contributed by atoms with van der Waals surface area (Å²) in [7, 11) is 0. The number of aliphatic hydroxyl groups excluding tert-OH is 2. The molecule has 0 bridgehead atoms. The number of primary amides is 3. The molecule has 0 saturated heterocycles. The number of carboxylic acid groups (broad SMARTS) is 3. The van der Waals surface area contributed by atoms with E-state index in [-0.39, 0.29) is 30.9 Å². The van der Waals surface area contributed by atoms with E-state index in [2.05, 4.69) is 58.5 Å². The van der Waals surface area contributed by atoms with Crippen LogP contribution in [0.4, 0.5) is 0 Å². The summed E-state index contributed by atoms with van der Waals surface area (Å²) >= 11 is 1.13. The van der Waals surface area contributed by atoms with Crippen LogP contribution >= 0.6 is 11.8 Å². The largest absolute Gasteiger partial charge is 0.481 e. The molecule has 0 radical (unpaired) electrons. The maximum atomic E-state index is 14.0. The minimum atomic E-state index is -2.09. The third kappa shape index (κ3) is 31.8. The lowest BCUT2D eigenvalue weighted by Gasteiger charge is -2.28. The third-order valence-corrected chi connectivity index (χ3v) is 14.4. The van der Waals surface area contributed by atoms with Gasteiger partial charge in [-0.15, -0.1) is 0 Å². The molecule has 0 heterocycles. The quantitative estimate of drug-likeness (QED) is 0.0288. The van der Waals surface area contributed by atoms with Gasteiger partial charge in [-0.1, -0.05) is 58.0 Å². The van der Waals surface area contributed by atoms with E-state index in [4.69, 9.17) is 22.9 Å². The fourth-order valence-corrected chi connectivity index (χ4v) is 9.17. The second kappa shape index (κ2) is 41.9. The fourth-order valence-electron chi connectivity index (χ4n) is 8.70. The molecule has 0 saturated carbocycles. The SMILES string of the molecule is CSCC[C@H](NC(=O)[C@H](CC(N)=O)NC(=O)[C@H](CO)NC(=O)[C@H](CCC(=O)O)NC(=O)[C@H](C)NC(=O)[C@H](CCC(=O)O)NC(=O)[C@@H](NC(=O)[C@@H](N)Cc1ccccc1)[C@@H](C)O)C(=O)N[C@@H](CC(N)=O)C(=O)N[C@@H](CC(=O)O)C(=O)N[C@@H](CC(C)C)C(=O)N[C@H](C(N)=O)C(C)C. The number of thioether (sulfide) groups is 1. The van der Waals surface area contributed by atoms with Crippen molar-refractivity contribution in [1.82, 2.24) is 58.5 Å². The Morgan fingerprint density at radius 3 is 1.23 bits per heavy atom. The van der Waals surface area contributed by atoms with E-state index >= 15 is 0 Å².